The monoisotopic (exact) mass is 409 g/mol. The number of ether oxygens (including phenoxy) is 1. The highest BCUT2D eigenvalue weighted by Gasteiger charge is 2.27. The van der Waals surface area contributed by atoms with Crippen molar-refractivity contribution in [3.05, 3.63) is 53.2 Å². The fourth-order valence-corrected chi connectivity index (χ4v) is 3.48. The number of aromatic nitrogens is 2. The molecule has 1 atom stereocenters. The smallest absolute Gasteiger partial charge is 0.224 e. The van der Waals surface area contributed by atoms with Crippen LogP contribution >= 0.6 is 0 Å². The topological polar surface area (TPSA) is 63.9 Å². The number of hydrogen-bond donors (Lipinski definition) is 0. The van der Waals surface area contributed by atoms with Crippen molar-refractivity contribution in [2.45, 2.75) is 66.4 Å². The summed E-state index contributed by atoms with van der Waals surface area (Å²) < 4.78 is 8.07. The molecule has 0 saturated heterocycles. The molecule has 1 aliphatic carbocycles. The molecule has 0 aliphatic heterocycles. The van der Waals surface area contributed by atoms with E-state index in [1.807, 2.05) is 56.5 Å². The molecular formula is C24H31N3O3. The third kappa shape index (κ3) is 4.99. The first-order valence-electron chi connectivity index (χ1n) is 10.5. The second kappa shape index (κ2) is 8.86. The number of carbonyl (C=O) groups excluding carboxylic acids is 2. The lowest BCUT2D eigenvalue weighted by molar-refractivity contribution is -0.120. The van der Waals surface area contributed by atoms with E-state index in [9.17, 15) is 9.59 Å². The first-order chi connectivity index (χ1) is 14.2. The number of nitrogens with zero attached hydrogens (tertiary/aromatic N) is 3. The van der Waals surface area contributed by atoms with Gasteiger partial charge in [0, 0.05) is 19.3 Å². The number of ketones is 1. The minimum absolute atomic E-state index is 0.0383. The molecule has 3 rings (SSSR count). The minimum atomic E-state index is -0.262. The Hall–Kier alpha value is -2.89. The van der Waals surface area contributed by atoms with E-state index in [0.29, 0.717) is 17.3 Å². The Morgan fingerprint density at radius 2 is 1.97 bits per heavy atom. The van der Waals surface area contributed by atoms with Crippen molar-refractivity contribution in [2.75, 3.05) is 11.4 Å². The molecule has 1 aliphatic rings. The van der Waals surface area contributed by atoms with Crippen LogP contribution in [0.4, 0.5) is 5.69 Å². The number of anilines is 1. The maximum atomic E-state index is 12.3. The second-order valence-electron chi connectivity index (χ2n) is 8.31. The number of rotatable bonds is 8. The van der Waals surface area contributed by atoms with Crippen molar-refractivity contribution in [1.29, 1.82) is 0 Å². The summed E-state index contributed by atoms with van der Waals surface area (Å²) in [5.41, 5.74) is 4.44. The summed E-state index contributed by atoms with van der Waals surface area (Å²) in [6.45, 7) is 11.0. The number of fused-ring (bicyclic) bond motifs is 1. The molecule has 0 radical (unpaired) electrons. The van der Waals surface area contributed by atoms with Crippen molar-refractivity contribution in [3.8, 4) is 0 Å². The summed E-state index contributed by atoms with van der Waals surface area (Å²) in [6.07, 6.45) is 9.99. The molecule has 1 unspecified atom stereocenters. The number of amides is 1. The molecular weight excluding hydrogens is 378 g/mol. The van der Waals surface area contributed by atoms with E-state index in [1.54, 1.807) is 0 Å². The third-order valence-corrected chi connectivity index (χ3v) is 5.12. The second-order valence-corrected chi connectivity index (χ2v) is 8.31. The summed E-state index contributed by atoms with van der Waals surface area (Å²) in [5, 5.41) is 0. The molecule has 1 saturated carbocycles. The van der Waals surface area contributed by atoms with E-state index in [4.69, 9.17) is 9.72 Å². The average Bonchev–Trinajstić information content (AvgIpc) is 3.42. The van der Waals surface area contributed by atoms with Gasteiger partial charge in [-0.3, -0.25) is 9.59 Å². The summed E-state index contributed by atoms with van der Waals surface area (Å²) in [4.78, 5) is 30.5. The SMILES string of the molecule is C/C=C(\C=C(C)C)OC(C)c1cn2cc(C3CC3)cc(N(CC(C)=O)C(C)=O)c2n1. The standard InChI is InChI=1S/C24H31N3O3/c1-7-21(10-15(2)3)30-17(5)22-14-26-13-20(19-8-9-19)11-23(24(26)25-22)27(18(6)29)12-16(4)28/h7,10-11,13-14,17,19H,8-9,12H2,1-6H3/b21-7+. The molecule has 2 heterocycles. The summed E-state index contributed by atoms with van der Waals surface area (Å²) >= 11 is 0. The number of allylic oxidation sites excluding steroid dienone is 3. The first-order valence-corrected chi connectivity index (χ1v) is 10.5. The summed E-state index contributed by atoms with van der Waals surface area (Å²) in [6, 6.07) is 2.01. The zero-order valence-corrected chi connectivity index (χ0v) is 18.7. The highest BCUT2D eigenvalue weighted by molar-refractivity contribution is 6.00. The van der Waals surface area contributed by atoms with E-state index < -0.39 is 0 Å². The molecule has 2 aromatic rings. The van der Waals surface area contributed by atoms with Crippen LogP contribution in [0.2, 0.25) is 0 Å². The van der Waals surface area contributed by atoms with Gasteiger partial charge in [-0.05, 0) is 77.2 Å². The molecule has 1 amide bonds. The molecule has 6 heteroatoms. The molecule has 1 fully saturated rings. The van der Waals surface area contributed by atoms with Crippen LogP contribution in [-0.4, -0.2) is 27.6 Å². The van der Waals surface area contributed by atoms with Crippen molar-refractivity contribution < 1.29 is 14.3 Å². The molecule has 30 heavy (non-hydrogen) atoms. The van der Waals surface area contributed by atoms with Crippen LogP contribution in [0.3, 0.4) is 0 Å². The van der Waals surface area contributed by atoms with Crippen LogP contribution in [0.15, 0.2) is 41.9 Å². The van der Waals surface area contributed by atoms with Gasteiger partial charge in [-0.2, -0.15) is 0 Å². The fourth-order valence-electron chi connectivity index (χ4n) is 3.48. The number of imidazole rings is 1. The quantitative estimate of drug-likeness (QED) is 0.449. The van der Waals surface area contributed by atoms with Crippen molar-refractivity contribution in [1.82, 2.24) is 9.38 Å². The average molecular weight is 410 g/mol. The van der Waals surface area contributed by atoms with Crippen LogP contribution in [0.25, 0.3) is 5.65 Å². The Bertz CT molecular complexity index is 1020. The highest BCUT2D eigenvalue weighted by Crippen LogP contribution is 2.42. The molecule has 2 aromatic heterocycles. The predicted octanol–water partition coefficient (Wildman–Crippen LogP) is 5.10. The Kier molecular flexibility index (Phi) is 6.44. The zero-order valence-electron chi connectivity index (χ0n) is 18.7. The molecule has 0 spiro atoms. The van der Waals surface area contributed by atoms with E-state index in [-0.39, 0.29) is 24.3 Å². The maximum absolute atomic E-state index is 12.3. The lowest BCUT2D eigenvalue weighted by Gasteiger charge is -2.21. The first kappa shape index (κ1) is 21.8. The molecule has 0 aromatic carbocycles. The van der Waals surface area contributed by atoms with Gasteiger partial charge in [-0.25, -0.2) is 4.98 Å². The van der Waals surface area contributed by atoms with Crippen LogP contribution in [0, 0.1) is 0 Å². The Morgan fingerprint density at radius 3 is 2.50 bits per heavy atom. The maximum Gasteiger partial charge on any atom is 0.224 e. The van der Waals surface area contributed by atoms with Gasteiger partial charge >= 0.3 is 0 Å². The Balaban J connectivity index is 2.04. The van der Waals surface area contributed by atoms with E-state index >= 15 is 0 Å². The number of pyridine rings is 1. The van der Waals surface area contributed by atoms with E-state index in [2.05, 4.69) is 6.20 Å². The number of carbonyl (C=O) groups is 2. The van der Waals surface area contributed by atoms with E-state index in [0.717, 1.165) is 29.9 Å². The van der Waals surface area contributed by atoms with Crippen molar-refractivity contribution >= 4 is 23.0 Å². The van der Waals surface area contributed by atoms with E-state index in [1.165, 1.54) is 24.3 Å². The van der Waals surface area contributed by atoms with Gasteiger partial charge in [0.2, 0.25) is 5.91 Å². The largest absolute Gasteiger partial charge is 0.485 e. The Labute approximate surface area is 178 Å². The van der Waals surface area contributed by atoms with Gasteiger partial charge in [0.25, 0.3) is 0 Å². The van der Waals surface area contributed by atoms with Crippen LogP contribution in [0.1, 0.15) is 77.7 Å². The number of Topliss-reactive ketones (excluding diaryl/α,β-unsaturated/α-hetero) is 1. The van der Waals surface area contributed by atoms with Crippen LogP contribution < -0.4 is 4.90 Å². The highest BCUT2D eigenvalue weighted by atomic mass is 16.5. The lowest BCUT2D eigenvalue weighted by atomic mass is 10.1. The van der Waals surface area contributed by atoms with Gasteiger partial charge in [-0.15, -0.1) is 0 Å². The normalized spacial score (nSPS) is 15.1. The summed E-state index contributed by atoms with van der Waals surface area (Å²) in [5.74, 6) is 1.06. The van der Waals surface area contributed by atoms with Crippen LogP contribution in [-0.2, 0) is 14.3 Å². The predicted molar refractivity (Wildman–Crippen MR) is 119 cm³/mol. The zero-order chi connectivity index (χ0) is 22.0. The minimum Gasteiger partial charge on any atom is -0.485 e. The van der Waals surface area contributed by atoms with Gasteiger partial charge in [-0.1, -0.05) is 5.57 Å². The molecule has 0 N–H and O–H groups in total. The fraction of sp³-hybridized carbons (Fsp3) is 0.458. The van der Waals surface area contributed by atoms with Crippen molar-refractivity contribution in [2.24, 2.45) is 0 Å². The van der Waals surface area contributed by atoms with Gasteiger partial charge in [0.05, 0.1) is 17.9 Å². The molecule has 160 valence electrons. The lowest BCUT2D eigenvalue weighted by Crippen LogP contribution is -2.33. The van der Waals surface area contributed by atoms with Crippen molar-refractivity contribution in [3.63, 3.8) is 0 Å². The molecule has 6 nitrogen and oxygen atoms in total. The van der Waals surface area contributed by atoms with Gasteiger partial charge in [0.15, 0.2) is 5.65 Å². The third-order valence-electron chi connectivity index (χ3n) is 5.12. The number of hydrogen-bond acceptors (Lipinski definition) is 4. The summed E-state index contributed by atoms with van der Waals surface area (Å²) in [7, 11) is 0. The van der Waals surface area contributed by atoms with Gasteiger partial charge in [0.1, 0.15) is 17.6 Å². The van der Waals surface area contributed by atoms with Gasteiger partial charge < -0.3 is 14.0 Å². The Morgan fingerprint density at radius 1 is 1.27 bits per heavy atom. The molecule has 0 bridgehead atoms. The van der Waals surface area contributed by atoms with Crippen LogP contribution in [0.5, 0.6) is 0 Å².